The highest BCUT2D eigenvalue weighted by Gasteiger charge is 2.26. The van der Waals surface area contributed by atoms with Gasteiger partial charge in [0.1, 0.15) is 5.76 Å². The highest BCUT2D eigenvalue weighted by atomic mass is 16.3. The maximum absolute atomic E-state index is 5.66. The lowest BCUT2D eigenvalue weighted by atomic mass is 9.85. The van der Waals surface area contributed by atoms with Crippen LogP contribution in [-0.2, 0) is 0 Å². The predicted octanol–water partition coefficient (Wildman–Crippen LogP) is 4.54. The maximum Gasteiger partial charge on any atom is 0.125 e. The van der Waals surface area contributed by atoms with Crippen LogP contribution in [0.5, 0.6) is 0 Å². The third-order valence-corrected chi connectivity index (χ3v) is 4.45. The summed E-state index contributed by atoms with van der Waals surface area (Å²) in [6.45, 7) is 2.36. The van der Waals surface area contributed by atoms with Gasteiger partial charge in [0.05, 0.1) is 12.3 Å². The summed E-state index contributed by atoms with van der Waals surface area (Å²) in [5.41, 5.74) is 1.28. The Morgan fingerprint density at radius 2 is 1.85 bits per heavy atom. The molecule has 3 atom stereocenters. The zero-order chi connectivity index (χ0) is 13.8. The molecule has 20 heavy (non-hydrogen) atoms. The average Bonchev–Trinajstić information content (AvgIpc) is 3.01. The Kier molecular flexibility index (Phi) is 4.22. The summed E-state index contributed by atoms with van der Waals surface area (Å²) < 4.78 is 5.66. The normalized spacial score (nSPS) is 24.4. The summed E-state index contributed by atoms with van der Waals surface area (Å²) in [6.07, 6.45) is 7.07. The summed E-state index contributed by atoms with van der Waals surface area (Å²) in [5.74, 6) is 1.75. The average molecular weight is 269 g/mol. The molecular formula is C18H23NO. The minimum atomic E-state index is 0.164. The third kappa shape index (κ3) is 2.96. The van der Waals surface area contributed by atoms with E-state index in [1.807, 2.05) is 6.07 Å². The van der Waals surface area contributed by atoms with Crippen molar-refractivity contribution in [2.75, 3.05) is 0 Å². The van der Waals surface area contributed by atoms with Crippen LogP contribution in [0.25, 0.3) is 0 Å². The topological polar surface area (TPSA) is 25.2 Å². The molecule has 2 nitrogen and oxygen atoms in total. The molecule has 1 heterocycles. The van der Waals surface area contributed by atoms with Crippen molar-refractivity contribution in [1.29, 1.82) is 0 Å². The Morgan fingerprint density at radius 3 is 2.55 bits per heavy atom. The molecule has 0 bridgehead atoms. The fourth-order valence-electron chi connectivity index (χ4n) is 3.22. The Balaban J connectivity index is 1.83. The van der Waals surface area contributed by atoms with Crippen LogP contribution in [0.2, 0.25) is 0 Å². The van der Waals surface area contributed by atoms with E-state index in [-0.39, 0.29) is 6.04 Å². The molecule has 1 fully saturated rings. The van der Waals surface area contributed by atoms with Gasteiger partial charge in [0, 0.05) is 6.04 Å². The van der Waals surface area contributed by atoms with Gasteiger partial charge in [-0.15, -0.1) is 0 Å². The monoisotopic (exact) mass is 269 g/mol. The predicted molar refractivity (Wildman–Crippen MR) is 81.5 cm³/mol. The summed E-state index contributed by atoms with van der Waals surface area (Å²) in [7, 11) is 0. The van der Waals surface area contributed by atoms with Crippen molar-refractivity contribution in [2.24, 2.45) is 5.92 Å². The molecule has 0 aliphatic heterocycles. The Bertz CT molecular complexity index is 505. The fourth-order valence-corrected chi connectivity index (χ4v) is 3.22. The largest absolute Gasteiger partial charge is 0.467 e. The van der Waals surface area contributed by atoms with E-state index in [1.165, 1.54) is 31.2 Å². The van der Waals surface area contributed by atoms with Crippen molar-refractivity contribution >= 4 is 0 Å². The minimum absolute atomic E-state index is 0.164. The van der Waals surface area contributed by atoms with E-state index >= 15 is 0 Å². The van der Waals surface area contributed by atoms with Crippen molar-refractivity contribution in [3.05, 3.63) is 60.1 Å². The number of hydrogen-bond donors (Lipinski definition) is 1. The highest BCUT2D eigenvalue weighted by molar-refractivity contribution is 5.26. The number of hydrogen-bond acceptors (Lipinski definition) is 2. The van der Waals surface area contributed by atoms with Crippen LogP contribution in [0, 0.1) is 5.92 Å². The van der Waals surface area contributed by atoms with E-state index in [4.69, 9.17) is 4.42 Å². The van der Waals surface area contributed by atoms with Crippen molar-refractivity contribution in [3.8, 4) is 0 Å². The Hall–Kier alpha value is -1.54. The van der Waals surface area contributed by atoms with Gasteiger partial charge in [-0.25, -0.2) is 0 Å². The molecule has 106 valence electrons. The lowest BCUT2D eigenvalue weighted by Crippen LogP contribution is -2.39. The quantitative estimate of drug-likeness (QED) is 0.881. The van der Waals surface area contributed by atoms with Crippen LogP contribution >= 0.6 is 0 Å². The molecule has 1 aromatic heterocycles. The van der Waals surface area contributed by atoms with Crippen LogP contribution in [-0.4, -0.2) is 6.04 Å². The molecule has 1 aromatic carbocycles. The smallest absolute Gasteiger partial charge is 0.125 e. The van der Waals surface area contributed by atoms with Crippen LogP contribution in [0.15, 0.2) is 53.1 Å². The molecule has 0 spiro atoms. The van der Waals surface area contributed by atoms with Gasteiger partial charge in [-0.3, -0.25) is 0 Å². The first-order chi connectivity index (χ1) is 9.84. The molecule has 3 rings (SSSR count). The second-order valence-electron chi connectivity index (χ2n) is 5.89. The second kappa shape index (κ2) is 6.27. The van der Waals surface area contributed by atoms with E-state index in [1.54, 1.807) is 6.26 Å². The summed E-state index contributed by atoms with van der Waals surface area (Å²) in [6, 6.07) is 15.4. The molecule has 2 aromatic rings. The SMILES string of the molecule is CC1CCCCC1NC(c1ccccc1)c1ccco1. The van der Waals surface area contributed by atoms with E-state index in [0.717, 1.165) is 11.7 Å². The van der Waals surface area contributed by atoms with Gasteiger partial charge in [-0.2, -0.15) is 0 Å². The van der Waals surface area contributed by atoms with Gasteiger partial charge in [0.2, 0.25) is 0 Å². The van der Waals surface area contributed by atoms with Crippen molar-refractivity contribution < 1.29 is 4.42 Å². The molecule has 1 N–H and O–H groups in total. The van der Waals surface area contributed by atoms with Gasteiger partial charge in [0.25, 0.3) is 0 Å². The Morgan fingerprint density at radius 1 is 1.05 bits per heavy atom. The number of rotatable bonds is 4. The number of nitrogens with one attached hydrogen (secondary N) is 1. The molecule has 1 saturated carbocycles. The lowest BCUT2D eigenvalue weighted by molar-refractivity contribution is 0.259. The zero-order valence-electron chi connectivity index (χ0n) is 12.1. The molecule has 2 heteroatoms. The summed E-state index contributed by atoms with van der Waals surface area (Å²) in [4.78, 5) is 0. The van der Waals surface area contributed by atoms with E-state index in [2.05, 4.69) is 48.6 Å². The second-order valence-corrected chi connectivity index (χ2v) is 5.89. The van der Waals surface area contributed by atoms with Gasteiger partial charge in [0.15, 0.2) is 0 Å². The zero-order valence-corrected chi connectivity index (χ0v) is 12.1. The van der Waals surface area contributed by atoms with E-state index in [0.29, 0.717) is 6.04 Å². The van der Waals surface area contributed by atoms with E-state index in [9.17, 15) is 0 Å². The van der Waals surface area contributed by atoms with Crippen molar-refractivity contribution in [2.45, 2.75) is 44.7 Å². The van der Waals surface area contributed by atoms with Crippen LogP contribution < -0.4 is 5.32 Å². The summed E-state index contributed by atoms with van der Waals surface area (Å²) >= 11 is 0. The molecule has 0 saturated heterocycles. The van der Waals surface area contributed by atoms with Crippen molar-refractivity contribution in [3.63, 3.8) is 0 Å². The molecule has 0 amide bonds. The first-order valence-corrected chi connectivity index (χ1v) is 7.69. The van der Waals surface area contributed by atoms with Crippen LogP contribution in [0.3, 0.4) is 0 Å². The molecule has 1 aliphatic rings. The Labute approximate surface area is 121 Å². The van der Waals surface area contributed by atoms with Crippen LogP contribution in [0.1, 0.15) is 50.0 Å². The highest BCUT2D eigenvalue weighted by Crippen LogP contribution is 2.29. The molecule has 1 aliphatic carbocycles. The first kappa shape index (κ1) is 13.4. The van der Waals surface area contributed by atoms with Crippen molar-refractivity contribution in [1.82, 2.24) is 5.32 Å². The standard InChI is InChI=1S/C18H23NO/c1-14-8-5-6-11-16(14)19-18(17-12-7-13-20-17)15-9-3-2-4-10-15/h2-4,7,9-10,12-14,16,18-19H,5-6,8,11H2,1H3. The van der Waals surface area contributed by atoms with Gasteiger partial charge in [-0.1, -0.05) is 50.1 Å². The number of furan rings is 1. The fraction of sp³-hybridized carbons (Fsp3) is 0.444. The maximum atomic E-state index is 5.66. The van der Waals surface area contributed by atoms with Gasteiger partial charge >= 0.3 is 0 Å². The number of benzene rings is 1. The first-order valence-electron chi connectivity index (χ1n) is 7.69. The third-order valence-electron chi connectivity index (χ3n) is 4.45. The molecule has 3 unspecified atom stereocenters. The van der Waals surface area contributed by atoms with Gasteiger partial charge in [-0.05, 0) is 36.5 Å². The van der Waals surface area contributed by atoms with E-state index < -0.39 is 0 Å². The van der Waals surface area contributed by atoms with Gasteiger partial charge < -0.3 is 9.73 Å². The molecular weight excluding hydrogens is 246 g/mol. The summed E-state index contributed by atoms with van der Waals surface area (Å²) in [5, 5.41) is 3.83. The van der Waals surface area contributed by atoms with Crippen LogP contribution in [0.4, 0.5) is 0 Å². The minimum Gasteiger partial charge on any atom is -0.467 e. The lowest BCUT2D eigenvalue weighted by Gasteiger charge is -2.33. The molecule has 0 radical (unpaired) electrons.